The number of nitrogens with one attached hydrogen (secondary N) is 2. The molecule has 0 amide bonds. The van der Waals surface area contributed by atoms with Crippen molar-refractivity contribution in [2.45, 2.75) is 37.9 Å². The number of anilines is 1. The molecule has 4 N–H and O–H groups in total. The summed E-state index contributed by atoms with van der Waals surface area (Å²) in [5, 5.41) is 30.7. The molecule has 0 aromatic heterocycles. The Kier molecular flexibility index (Phi) is 6.72. The SMILES string of the molecule is Oc1ccccc1CNc1ccc2ccccc2c1C1c2ccccc2CC[C@@H]1NCc1ccccc1O. The molecule has 0 aliphatic heterocycles. The Morgan fingerprint density at radius 3 is 2.11 bits per heavy atom. The number of aryl methyl sites for hydroxylation is 1. The number of aromatic hydroxyl groups is 2. The van der Waals surface area contributed by atoms with Crippen LogP contribution < -0.4 is 10.6 Å². The first-order valence-electron chi connectivity index (χ1n) is 13.3. The summed E-state index contributed by atoms with van der Waals surface area (Å²) in [6, 6.07) is 36.9. The lowest BCUT2D eigenvalue weighted by Gasteiger charge is -2.36. The van der Waals surface area contributed by atoms with Crippen LogP contribution in [0.25, 0.3) is 10.8 Å². The minimum absolute atomic E-state index is 0.115. The summed E-state index contributed by atoms with van der Waals surface area (Å²) >= 11 is 0. The molecule has 6 rings (SSSR count). The summed E-state index contributed by atoms with van der Waals surface area (Å²) in [5.74, 6) is 0.735. The van der Waals surface area contributed by atoms with Crippen LogP contribution in [0.15, 0.2) is 109 Å². The molecule has 0 saturated heterocycles. The highest BCUT2D eigenvalue weighted by atomic mass is 16.3. The van der Waals surface area contributed by atoms with E-state index in [-0.39, 0.29) is 12.0 Å². The Morgan fingerprint density at radius 2 is 1.32 bits per heavy atom. The van der Waals surface area contributed by atoms with E-state index in [0.717, 1.165) is 29.7 Å². The molecule has 0 saturated carbocycles. The summed E-state index contributed by atoms with van der Waals surface area (Å²) in [5.41, 5.74) is 6.84. The van der Waals surface area contributed by atoms with E-state index in [1.165, 1.54) is 27.5 Å². The quantitative estimate of drug-likeness (QED) is 0.192. The van der Waals surface area contributed by atoms with E-state index in [2.05, 4.69) is 71.3 Å². The average Bonchev–Trinajstić information content (AvgIpc) is 2.96. The minimum atomic E-state index is 0.115. The van der Waals surface area contributed by atoms with Crippen molar-refractivity contribution in [2.24, 2.45) is 0 Å². The number of hydrogen-bond donors (Lipinski definition) is 4. The van der Waals surface area contributed by atoms with Crippen molar-refractivity contribution in [2.75, 3.05) is 5.32 Å². The zero-order chi connectivity index (χ0) is 25.9. The lowest BCUT2D eigenvalue weighted by molar-refractivity contribution is 0.410. The fourth-order valence-corrected chi connectivity index (χ4v) is 5.87. The summed E-state index contributed by atoms with van der Waals surface area (Å²) in [7, 11) is 0. The fourth-order valence-electron chi connectivity index (χ4n) is 5.87. The third kappa shape index (κ3) is 4.71. The van der Waals surface area contributed by atoms with Crippen molar-refractivity contribution < 1.29 is 10.2 Å². The number of benzene rings is 5. The second-order valence-corrected chi connectivity index (χ2v) is 10.1. The molecule has 38 heavy (non-hydrogen) atoms. The van der Waals surface area contributed by atoms with Crippen molar-refractivity contribution in [1.29, 1.82) is 0 Å². The number of rotatable bonds is 7. The van der Waals surface area contributed by atoms with Crippen LogP contribution in [-0.4, -0.2) is 16.3 Å². The maximum Gasteiger partial charge on any atom is 0.120 e. The first-order chi connectivity index (χ1) is 18.7. The third-order valence-electron chi connectivity index (χ3n) is 7.81. The first kappa shape index (κ1) is 24.1. The topological polar surface area (TPSA) is 64.5 Å². The Balaban J connectivity index is 1.44. The minimum Gasteiger partial charge on any atom is -0.508 e. The van der Waals surface area contributed by atoms with E-state index in [1.807, 2.05) is 36.4 Å². The summed E-state index contributed by atoms with van der Waals surface area (Å²) in [4.78, 5) is 0. The summed E-state index contributed by atoms with van der Waals surface area (Å²) in [6.07, 6.45) is 2.01. The predicted octanol–water partition coefficient (Wildman–Crippen LogP) is 7.10. The number of phenols is 2. The Morgan fingerprint density at radius 1 is 0.658 bits per heavy atom. The van der Waals surface area contributed by atoms with Gasteiger partial charge in [0, 0.05) is 41.9 Å². The van der Waals surface area contributed by atoms with Gasteiger partial charge >= 0.3 is 0 Å². The molecular formula is C34H32N2O2. The van der Waals surface area contributed by atoms with E-state index in [1.54, 1.807) is 12.1 Å². The molecule has 1 aliphatic carbocycles. The van der Waals surface area contributed by atoms with Crippen molar-refractivity contribution in [3.8, 4) is 11.5 Å². The van der Waals surface area contributed by atoms with E-state index >= 15 is 0 Å². The second-order valence-electron chi connectivity index (χ2n) is 10.1. The van der Waals surface area contributed by atoms with Gasteiger partial charge in [0.15, 0.2) is 0 Å². The highest BCUT2D eigenvalue weighted by Crippen LogP contribution is 2.43. The first-order valence-corrected chi connectivity index (χ1v) is 13.3. The third-order valence-corrected chi connectivity index (χ3v) is 7.81. The van der Waals surface area contributed by atoms with Gasteiger partial charge in [0.25, 0.3) is 0 Å². The summed E-state index contributed by atoms with van der Waals surface area (Å²) in [6.45, 7) is 1.13. The molecule has 4 nitrogen and oxygen atoms in total. The lowest BCUT2D eigenvalue weighted by atomic mass is 9.73. The largest absolute Gasteiger partial charge is 0.508 e. The predicted molar refractivity (Wildman–Crippen MR) is 155 cm³/mol. The standard InChI is InChI=1S/C34H32N2O2/c37-31-15-7-3-11-25(31)21-35-29-19-17-23-9-1-5-13-27(23)33(29)34-28-14-6-2-10-24(28)18-20-30(34)36-22-26-12-4-8-16-32(26)38/h1-17,19,30,34-38H,18,20-22H2/t30-,34?/m0/s1. The van der Waals surface area contributed by atoms with Crippen LogP contribution in [0, 0.1) is 0 Å². The van der Waals surface area contributed by atoms with E-state index in [0.29, 0.717) is 24.6 Å². The van der Waals surface area contributed by atoms with Crippen LogP contribution in [0.2, 0.25) is 0 Å². The van der Waals surface area contributed by atoms with Gasteiger partial charge in [-0.3, -0.25) is 0 Å². The Bertz CT molecular complexity index is 1580. The molecule has 0 bridgehead atoms. The number of hydrogen-bond acceptors (Lipinski definition) is 4. The van der Waals surface area contributed by atoms with Gasteiger partial charge in [-0.05, 0) is 58.5 Å². The molecule has 0 radical (unpaired) electrons. The molecule has 1 unspecified atom stereocenters. The number of fused-ring (bicyclic) bond motifs is 2. The molecule has 5 aromatic rings. The molecule has 0 spiro atoms. The number of para-hydroxylation sites is 2. The smallest absolute Gasteiger partial charge is 0.120 e. The molecule has 1 aliphatic rings. The zero-order valence-corrected chi connectivity index (χ0v) is 21.3. The second kappa shape index (κ2) is 10.6. The van der Waals surface area contributed by atoms with Crippen molar-refractivity contribution in [3.05, 3.63) is 137 Å². The molecule has 2 atom stereocenters. The normalized spacial score (nSPS) is 16.7. The average molecular weight is 501 g/mol. The van der Waals surface area contributed by atoms with Gasteiger partial charge in [0.1, 0.15) is 11.5 Å². The van der Waals surface area contributed by atoms with E-state index < -0.39 is 0 Å². The van der Waals surface area contributed by atoms with Gasteiger partial charge in [0.2, 0.25) is 0 Å². The van der Waals surface area contributed by atoms with Crippen LogP contribution in [-0.2, 0) is 19.5 Å². The van der Waals surface area contributed by atoms with Crippen LogP contribution in [0.5, 0.6) is 11.5 Å². The highest BCUT2D eigenvalue weighted by Gasteiger charge is 2.33. The monoisotopic (exact) mass is 500 g/mol. The molecule has 5 aromatic carbocycles. The van der Waals surface area contributed by atoms with E-state index in [9.17, 15) is 10.2 Å². The van der Waals surface area contributed by atoms with Crippen molar-refractivity contribution in [3.63, 3.8) is 0 Å². The fraction of sp³-hybridized carbons (Fsp3) is 0.176. The molecule has 0 fully saturated rings. The van der Waals surface area contributed by atoms with Crippen molar-refractivity contribution >= 4 is 16.5 Å². The number of phenolic OH excluding ortho intramolecular Hbond substituents is 2. The Labute approximate surface area is 223 Å². The van der Waals surface area contributed by atoms with Crippen LogP contribution in [0.1, 0.15) is 40.2 Å². The van der Waals surface area contributed by atoms with Gasteiger partial charge in [-0.25, -0.2) is 0 Å². The maximum absolute atomic E-state index is 10.4. The van der Waals surface area contributed by atoms with Gasteiger partial charge in [-0.2, -0.15) is 0 Å². The van der Waals surface area contributed by atoms with Gasteiger partial charge in [-0.15, -0.1) is 0 Å². The lowest BCUT2D eigenvalue weighted by Crippen LogP contribution is -2.39. The van der Waals surface area contributed by atoms with Crippen molar-refractivity contribution in [1.82, 2.24) is 5.32 Å². The van der Waals surface area contributed by atoms with Gasteiger partial charge in [-0.1, -0.05) is 91.0 Å². The molecule has 0 heterocycles. The maximum atomic E-state index is 10.4. The van der Waals surface area contributed by atoms with Gasteiger partial charge in [0.05, 0.1) is 0 Å². The highest BCUT2D eigenvalue weighted by molar-refractivity contribution is 5.91. The van der Waals surface area contributed by atoms with Crippen LogP contribution in [0.4, 0.5) is 5.69 Å². The van der Waals surface area contributed by atoms with Crippen LogP contribution in [0.3, 0.4) is 0 Å². The zero-order valence-electron chi connectivity index (χ0n) is 21.3. The van der Waals surface area contributed by atoms with Crippen LogP contribution >= 0.6 is 0 Å². The summed E-state index contributed by atoms with van der Waals surface area (Å²) < 4.78 is 0. The molecule has 4 heteroatoms. The Hall–Kier alpha value is -4.28. The molecule has 190 valence electrons. The van der Waals surface area contributed by atoms with Gasteiger partial charge < -0.3 is 20.8 Å². The van der Waals surface area contributed by atoms with E-state index in [4.69, 9.17) is 0 Å². The molecular weight excluding hydrogens is 468 g/mol.